The fraction of sp³-hybridized carbons (Fsp3) is 0.342. The fourth-order valence-corrected chi connectivity index (χ4v) is 7.36. The van der Waals surface area contributed by atoms with Crippen molar-refractivity contribution < 1.29 is 23.8 Å². The summed E-state index contributed by atoms with van der Waals surface area (Å²) in [5, 5.41) is 4.27. The van der Waals surface area contributed by atoms with Crippen LogP contribution in [0, 0.1) is 12.3 Å². The van der Waals surface area contributed by atoms with Gasteiger partial charge in [-0.15, -0.1) is 0 Å². The van der Waals surface area contributed by atoms with Gasteiger partial charge in [-0.3, -0.25) is 9.59 Å². The Morgan fingerprint density at radius 3 is 2.28 bits per heavy atom. The van der Waals surface area contributed by atoms with Crippen LogP contribution < -0.4 is 14.8 Å². The monoisotopic (exact) mass is 682 g/mol. The van der Waals surface area contributed by atoms with Crippen molar-refractivity contribution >= 4 is 44.3 Å². The van der Waals surface area contributed by atoms with Gasteiger partial charge in [0.05, 0.1) is 41.9 Å². The number of halogens is 1. The van der Waals surface area contributed by atoms with Crippen LogP contribution in [0.2, 0.25) is 0 Å². The number of benzene rings is 3. The van der Waals surface area contributed by atoms with Crippen LogP contribution in [-0.2, 0) is 9.53 Å². The molecule has 0 saturated heterocycles. The highest BCUT2D eigenvalue weighted by Gasteiger charge is 2.55. The van der Waals surface area contributed by atoms with E-state index in [2.05, 4.69) is 21.2 Å². The summed E-state index contributed by atoms with van der Waals surface area (Å²) < 4.78 is 18.4. The Balaban J connectivity index is 1.51. The first-order valence-electron chi connectivity index (χ1n) is 15.6. The summed E-state index contributed by atoms with van der Waals surface area (Å²) in [6, 6.07) is 21.5. The van der Waals surface area contributed by atoms with Gasteiger partial charge in [0.15, 0.2) is 11.5 Å². The molecule has 2 bridgehead atoms. The Bertz CT molecular complexity index is 1870. The zero-order valence-corrected chi connectivity index (χ0v) is 28.7. The number of hydrogen-bond donors (Lipinski definition) is 1. The maximum atomic E-state index is 14.8. The number of nitrogens with one attached hydrogen (secondary N) is 1. The van der Waals surface area contributed by atoms with Crippen molar-refractivity contribution in [1.29, 1.82) is 0 Å². The molecule has 7 rings (SSSR count). The van der Waals surface area contributed by atoms with Gasteiger partial charge in [0.25, 0.3) is 5.91 Å². The van der Waals surface area contributed by atoms with Crippen LogP contribution in [0.25, 0.3) is 27.7 Å². The molecule has 3 aliphatic rings. The van der Waals surface area contributed by atoms with Gasteiger partial charge in [-0.25, -0.2) is 4.98 Å². The molecule has 0 atom stereocenters. The number of aromatic nitrogens is 1. The lowest BCUT2D eigenvalue weighted by atomic mass is 9.57. The molecule has 1 amide bonds. The molecule has 3 aliphatic carbocycles. The van der Waals surface area contributed by atoms with E-state index in [0.717, 1.165) is 43.3 Å². The van der Waals surface area contributed by atoms with E-state index >= 15 is 0 Å². The third kappa shape index (κ3) is 5.57. The zero-order chi connectivity index (χ0) is 32.9. The molecule has 0 radical (unpaired) electrons. The van der Waals surface area contributed by atoms with E-state index in [-0.39, 0.29) is 11.9 Å². The Hall–Kier alpha value is -4.17. The SMILES string of the molecule is COc1cccc(C2=CC3(C(=O)OC(C)(C)C)CCC2(NC(=O)c2c(C)c(-c4ccccc4)nc4ccc(Br)cc24)CC3)c1OC. The Morgan fingerprint density at radius 1 is 0.913 bits per heavy atom. The van der Waals surface area contributed by atoms with Crippen molar-refractivity contribution in [2.24, 2.45) is 5.41 Å². The highest BCUT2D eigenvalue weighted by Crippen LogP contribution is 2.57. The van der Waals surface area contributed by atoms with Crippen molar-refractivity contribution in [2.45, 2.75) is 64.5 Å². The topological polar surface area (TPSA) is 86.8 Å². The second kappa shape index (κ2) is 11.9. The highest BCUT2D eigenvalue weighted by atomic mass is 79.9. The Morgan fingerprint density at radius 2 is 1.63 bits per heavy atom. The minimum absolute atomic E-state index is 0.195. The number of para-hydroxylation sites is 1. The van der Waals surface area contributed by atoms with E-state index in [1.807, 2.05) is 101 Å². The average molecular weight is 684 g/mol. The number of pyridine rings is 1. The largest absolute Gasteiger partial charge is 0.493 e. The number of esters is 1. The smallest absolute Gasteiger partial charge is 0.316 e. The standard InChI is InChI=1S/C38H39BrN2O5/c1-23-31(27-21-25(39)15-16-29(27)40-32(23)24-11-8-7-9-12-24)34(42)41-38-19-17-37(18-20-38,35(43)46-36(2,3)4)22-28(38)26-13-10-14-30(44-5)33(26)45-6/h7-16,21-22H,17-20H2,1-6H3,(H,41,42). The van der Waals surface area contributed by atoms with Gasteiger partial charge in [-0.1, -0.05) is 64.5 Å². The van der Waals surface area contributed by atoms with Crippen molar-refractivity contribution in [3.63, 3.8) is 0 Å². The first-order chi connectivity index (χ1) is 21.9. The van der Waals surface area contributed by atoms with Gasteiger partial charge in [0.1, 0.15) is 5.60 Å². The van der Waals surface area contributed by atoms with Gasteiger partial charge < -0.3 is 19.5 Å². The molecule has 3 aromatic carbocycles. The summed E-state index contributed by atoms with van der Waals surface area (Å²) >= 11 is 3.60. The Labute approximate surface area is 278 Å². The van der Waals surface area contributed by atoms with Crippen LogP contribution in [0.5, 0.6) is 11.5 Å². The number of rotatable bonds is 7. The van der Waals surface area contributed by atoms with E-state index in [0.29, 0.717) is 42.7 Å². The molecule has 1 N–H and O–H groups in total. The molecule has 8 heteroatoms. The number of carbonyl (C=O) groups excluding carboxylic acids is 2. The lowest BCUT2D eigenvalue weighted by molar-refractivity contribution is -0.167. The van der Waals surface area contributed by atoms with E-state index in [9.17, 15) is 9.59 Å². The average Bonchev–Trinajstić information content (AvgIpc) is 3.04. The molecule has 1 aromatic heterocycles. The predicted molar refractivity (Wildman–Crippen MR) is 184 cm³/mol. The second-order valence-corrected chi connectivity index (χ2v) is 14.2. The number of hydrogen-bond acceptors (Lipinski definition) is 6. The summed E-state index contributed by atoms with van der Waals surface area (Å²) in [6.45, 7) is 7.62. The lowest BCUT2D eigenvalue weighted by Gasteiger charge is -2.52. The number of amides is 1. The summed E-state index contributed by atoms with van der Waals surface area (Å²) in [5.41, 5.74) is 3.22. The molecule has 0 aliphatic heterocycles. The molecule has 1 heterocycles. The third-order valence-electron chi connectivity index (χ3n) is 9.25. The van der Waals surface area contributed by atoms with Gasteiger partial charge in [-0.05, 0) is 88.8 Å². The first kappa shape index (κ1) is 31.8. The predicted octanol–water partition coefficient (Wildman–Crippen LogP) is 8.46. The van der Waals surface area contributed by atoms with E-state index in [1.165, 1.54) is 0 Å². The maximum absolute atomic E-state index is 14.8. The van der Waals surface area contributed by atoms with Gasteiger partial charge in [-0.2, -0.15) is 0 Å². The third-order valence-corrected chi connectivity index (χ3v) is 9.74. The van der Waals surface area contributed by atoms with Crippen LogP contribution in [0.4, 0.5) is 0 Å². The lowest BCUT2D eigenvalue weighted by Crippen LogP contribution is -2.58. The zero-order valence-electron chi connectivity index (χ0n) is 27.1. The highest BCUT2D eigenvalue weighted by molar-refractivity contribution is 9.10. The summed E-state index contributed by atoms with van der Waals surface area (Å²) in [6.07, 6.45) is 4.24. The minimum atomic E-state index is -0.812. The molecular formula is C38H39BrN2O5. The van der Waals surface area contributed by atoms with Crippen molar-refractivity contribution in [3.05, 3.63) is 94.0 Å². The number of nitrogens with zero attached hydrogens (tertiary/aromatic N) is 1. The van der Waals surface area contributed by atoms with Gasteiger partial charge >= 0.3 is 5.97 Å². The van der Waals surface area contributed by atoms with Crippen LogP contribution in [0.1, 0.15) is 67.9 Å². The van der Waals surface area contributed by atoms with Crippen LogP contribution >= 0.6 is 15.9 Å². The maximum Gasteiger partial charge on any atom is 0.316 e. The molecular weight excluding hydrogens is 644 g/mol. The van der Waals surface area contributed by atoms with Crippen molar-refractivity contribution in [2.75, 3.05) is 14.2 Å². The molecule has 1 fully saturated rings. The van der Waals surface area contributed by atoms with Gasteiger partial charge in [0.2, 0.25) is 0 Å². The number of fused-ring (bicyclic) bond motifs is 3. The first-order valence-corrected chi connectivity index (χ1v) is 16.4. The molecule has 7 nitrogen and oxygen atoms in total. The Kier molecular flexibility index (Phi) is 8.21. The molecule has 46 heavy (non-hydrogen) atoms. The van der Waals surface area contributed by atoms with Crippen LogP contribution in [-0.4, -0.2) is 42.2 Å². The van der Waals surface area contributed by atoms with Crippen LogP contribution in [0.15, 0.2) is 77.3 Å². The second-order valence-electron chi connectivity index (χ2n) is 13.3. The van der Waals surface area contributed by atoms with Crippen LogP contribution in [0.3, 0.4) is 0 Å². The van der Waals surface area contributed by atoms with E-state index in [1.54, 1.807) is 14.2 Å². The molecule has 0 spiro atoms. The minimum Gasteiger partial charge on any atom is -0.493 e. The molecule has 0 unspecified atom stereocenters. The summed E-state index contributed by atoms with van der Waals surface area (Å²) in [7, 11) is 3.20. The van der Waals surface area contributed by atoms with E-state index < -0.39 is 16.6 Å². The van der Waals surface area contributed by atoms with Crippen molar-refractivity contribution in [1.82, 2.24) is 10.3 Å². The normalized spacial score (nSPS) is 20.6. The molecule has 238 valence electrons. The number of carbonyl (C=O) groups is 2. The quantitative estimate of drug-likeness (QED) is 0.197. The summed E-state index contributed by atoms with van der Waals surface area (Å²) in [5.74, 6) is 0.688. The summed E-state index contributed by atoms with van der Waals surface area (Å²) in [4.78, 5) is 33.5. The van der Waals surface area contributed by atoms with E-state index in [4.69, 9.17) is 19.2 Å². The fourth-order valence-electron chi connectivity index (χ4n) is 7.00. The molecule has 4 aromatic rings. The number of methoxy groups -OCH3 is 2. The molecule has 1 saturated carbocycles. The number of ether oxygens (including phenoxy) is 3. The van der Waals surface area contributed by atoms with Crippen molar-refractivity contribution in [3.8, 4) is 22.8 Å². The van der Waals surface area contributed by atoms with Gasteiger partial charge in [0, 0.05) is 21.0 Å².